The van der Waals surface area contributed by atoms with Crippen molar-refractivity contribution in [2.45, 2.75) is 63.9 Å². The lowest BCUT2D eigenvalue weighted by Crippen LogP contribution is -2.54. The maximum Gasteiger partial charge on any atom is 0.416 e. The predicted octanol–water partition coefficient (Wildman–Crippen LogP) is 4.55. The summed E-state index contributed by atoms with van der Waals surface area (Å²) in [5.41, 5.74) is -1.23. The number of nitrogens with zero attached hydrogens (tertiary/aromatic N) is 3. The Labute approximate surface area is 210 Å². The van der Waals surface area contributed by atoms with E-state index >= 15 is 0 Å². The Kier molecular flexibility index (Phi) is 6.83. The van der Waals surface area contributed by atoms with Crippen LogP contribution in [0.3, 0.4) is 0 Å². The molecule has 2 bridgehead atoms. The normalized spacial score (nSPS) is 34.2. The van der Waals surface area contributed by atoms with Gasteiger partial charge in [-0.2, -0.15) is 13.2 Å². The summed E-state index contributed by atoms with van der Waals surface area (Å²) in [6, 6.07) is 2.11. The van der Waals surface area contributed by atoms with Crippen LogP contribution in [0.1, 0.15) is 45.1 Å². The zero-order valence-corrected chi connectivity index (χ0v) is 21.2. The Bertz CT molecular complexity index is 1000. The fraction of sp³-hybridized carbons (Fsp3) is 0.704. The summed E-state index contributed by atoms with van der Waals surface area (Å²) >= 11 is 0. The minimum Gasteiger partial charge on any atom is -0.379 e. The average molecular weight is 508 g/mol. The number of anilines is 1. The molecule has 4 aliphatic rings. The number of amides is 1. The molecule has 0 radical (unpaired) electrons. The van der Waals surface area contributed by atoms with Crippen LogP contribution in [0.4, 0.5) is 19.0 Å². The Morgan fingerprint density at radius 2 is 2.11 bits per heavy atom. The van der Waals surface area contributed by atoms with Crippen LogP contribution in [0, 0.1) is 23.2 Å². The third-order valence-corrected chi connectivity index (χ3v) is 8.91. The second kappa shape index (κ2) is 9.63. The molecule has 3 saturated heterocycles. The van der Waals surface area contributed by atoms with Crippen LogP contribution in [-0.4, -0.2) is 67.4 Å². The number of methoxy groups -OCH3 is 1. The van der Waals surface area contributed by atoms with Crippen molar-refractivity contribution in [3.63, 3.8) is 0 Å². The highest BCUT2D eigenvalue weighted by molar-refractivity contribution is 5.86. The zero-order valence-electron chi connectivity index (χ0n) is 21.2. The lowest BCUT2D eigenvalue weighted by Gasteiger charge is -2.41. The molecule has 1 amide bonds. The second-order valence-corrected chi connectivity index (χ2v) is 11.2. The summed E-state index contributed by atoms with van der Waals surface area (Å²) in [5.74, 6) is 1.40. The van der Waals surface area contributed by atoms with Gasteiger partial charge in [-0.15, -0.1) is 0 Å². The number of likely N-dealkylation sites (tertiary alicyclic amines) is 1. The van der Waals surface area contributed by atoms with Crippen molar-refractivity contribution >= 4 is 11.7 Å². The van der Waals surface area contributed by atoms with Gasteiger partial charge in [-0.1, -0.05) is 26.0 Å². The number of carbonyl (C=O) groups excluding carboxylic acids is 1. The highest BCUT2D eigenvalue weighted by Crippen LogP contribution is 2.48. The van der Waals surface area contributed by atoms with E-state index in [0.717, 1.165) is 44.4 Å². The van der Waals surface area contributed by atoms with Gasteiger partial charge in [0.15, 0.2) is 0 Å². The minimum absolute atomic E-state index is 0.00437. The number of hydrogen-bond donors (Lipinski definition) is 0. The van der Waals surface area contributed by atoms with Gasteiger partial charge in [0, 0.05) is 33.0 Å². The Balaban J connectivity index is 1.26. The molecule has 5 rings (SSSR count). The predicted molar refractivity (Wildman–Crippen MR) is 129 cm³/mol. The van der Waals surface area contributed by atoms with Crippen molar-refractivity contribution in [3.05, 3.63) is 36.0 Å². The highest BCUT2D eigenvalue weighted by Gasteiger charge is 2.53. The largest absolute Gasteiger partial charge is 0.416 e. The van der Waals surface area contributed by atoms with Crippen LogP contribution < -0.4 is 4.90 Å². The number of rotatable bonds is 6. The summed E-state index contributed by atoms with van der Waals surface area (Å²) in [4.78, 5) is 22.2. The van der Waals surface area contributed by atoms with E-state index in [1.54, 1.807) is 7.11 Å². The van der Waals surface area contributed by atoms with Crippen LogP contribution in [-0.2, 0) is 20.4 Å². The maximum absolute atomic E-state index is 14.0. The molecule has 0 aromatic carbocycles. The molecule has 3 fully saturated rings. The van der Waals surface area contributed by atoms with Crippen molar-refractivity contribution < 1.29 is 27.4 Å². The fourth-order valence-corrected chi connectivity index (χ4v) is 6.76. The number of fused-ring (bicyclic) bond motifs is 2. The topological polar surface area (TPSA) is 54.9 Å². The smallest absolute Gasteiger partial charge is 0.379 e. The van der Waals surface area contributed by atoms with Crippen molar-refractivity contribution in [2.75, 3.05) is 38.3 Å². The standard InChI is InChI=1S/C27H36F3N3O3/c1-17(2)26(7-4-18(13-26)10-19-6-9-36-16-23(19)35-3)25(34)33-15-21-12-22(33)14-32(21)24-11-20(5-8-31-24)27(28,29)30/h4-5,7-8,11,17-19,21-23H,6,9-10,12-16H2,1-3H3/t18-,19+,21+,22+,23+,26-/m0/s1. The minimum atomic E-state index is -4.40. The quantitative estimate of drug-likeness (QED) is 0.529. The number of aromatic nitrogens is 1. The van der Waals surface area contributed by atoms with E-state index in [2.05, 4.69) is 31.0 Å². The van der Waals surface area contributed by atoms with E-state index in [4.69, 9.17) is 9.47 Å². The van der Waals surface area contributed by atoms with E-state index in [9.17, 15) is 18.0 Å². The molecule has 4 heterocycles. The van der Waals surface area contributed by atoms with Crippen LogP contribution in [0.5, 0.6) is 0 Å². The molecule has 6 atom stereocenters. The van der Waals surface area contributed by atoms with Crippen molar-refractivity contribution in [3.8, 4) is 0 Å². The SMILES string of the molecule is CO[C@@H]1COCC[C@@H]1C[C@@H]1C=C[C@@](C(=O)N2C[C@H]3C[C@@H]2CN3c2cc(C(F)(F)F)ccn2)(C(C)C)C1. The monoisotopic (exact) mass is 507 g/mol. The van der Waals surface area contributed by atoms with Crippen LogP contribution >= 0.6 is 0 Å². The van der Waals surface area contributed by atoms with Crippen LogP contribution in [0.15, 0.2) is 30.5 Å². The molecule has 36 heavy (non-hydrogen) atoms. The first-order chi connectivity index (χ1) is 17.1. The number of allylic oxidation sites excluding steroid dienone is 1. The molecular weight excluding hydrogens is 471 g/mol. The molecular formula is C27H36F3N3O3. The van der Waals surface area contributed by atoms with Crippen molar-refractivity contribution in [2.24, 2.45) is 23.2 Å². The molecule has 9 heteroatoms. The van der Waals surface area contributed by atoms with Crippen molar-refractivity contribution in [1.82, 2.24) is 9.88 Å². The van der Waals surface area contributed by atoms with E-state index in [1.165, 1.54) is 6.20 Å². The first-order valence-corrected chi connectivity index (χ1v) is 13.0. The Hall–Kier alpha value is -2.13. The van der Waals surface area contributed by atoms with Gasteiger partial charge in [0.2, 0.25) is 5.91 Å². The summed E-state index contributed by atoms with van der Waals surface area (Å²) in [7, 11) is 1.74. The molecule has 3 aliphatic heterocycles. The summed E-state index contributed by atoms with van der Waals surface area (Å²) in [6.07, 6.45) is 4.81. The van der Waals surface area contributed by atoms with Gasteiger partial charge in [-0.3, -0.25) is 4.79 Å². The van der Waals surface area contributed by atoms with Crippen LogP contribution in [0.2, 0.25) is 0 Å². The molecule has 1 aliphatic carbocycles. The number of halogens is 3. The van der Waals surface area contributed by atoms with Gasteiger partial charge in [0.05, 0.1) is 35.8 Å². The fourth-order valence-electron chi connectivity index (χ4n) is 6.76. The molecule has 0 N–H and O–H groups in total. The summed E-state index contributed by atoms with van der Waals surface area (Å²) in [6.45, 7) is 6.65. The third kappa shape index (κ3) is 4.53. The van der Waals surface area contributed by atoms with Crippen LogP contribution in [0.25, 0.3) is 0 Å². The molecule has 1 aromatic heterocycles. The number of piperazine rings is 1. The number of alkyl halides is 3. The lowest BCUT2D eigenvalue weighted by molar-refractivity contribution is -0.143. The van der Waals surface area contributed by atoms with Gasteiger partial charge in [0.25, 0.3) is 0 Å². The second-order valence-electron chi connectivity index (χ2n) is 11.2. The van der Waals surface area contributed by atoms with E-state index in [0.29, 0.717) is 37.4 Å². The molecule has 0 unspecified atom stereocenters. The highest BCUT2D eigenvalue weighted by atomic mass is 19.4. The molecule has 0 saturated carbocycles. The Morgan fingerprint density at radius 1 is 1.31 bits per heavy atom. The van der Waals surface area contributed by atoms with E-state index < -0.39 is 17.2 Å². The molecule has 6 nitrogen and oxygen atoms in total. The van der Waals surface area contributed by atoms with E-state index in [1.807, 2.05) is 9.80 Å². The molecule has 198 valence electrons. The molecule has 1 aromatic rings. The van der Waals surface area contributed by atoms with Gasteiger partial charge < -0.3 is 19.3 Å². The molecule has 0 spiro atoms. The van der Waals surface area contributed by atoms with Gasteiger partial charge in [0.1, 0.15) is 5.82 Å². The number of carbonyl (C=O) groups is 1. The lowest BCUT2D eigenvalue weighted by atomic mass is 9.72. The number of ether oxygens (including phenoxy) is 2. The zero-order chi connectivity index (χ0) is 25.7. The van der Waals surface area contributed by atoms with Crippen molar-refractivity contribution in [1.29, 1.82) is 0 Å². The van der Waals surface area contributed by atoms with Gasteiger partial charge in [-0.05, 0) is 55.6 Å². The maximum atomic E-state index is 14.0. The Morgan fingerprint density at radius 3 is 2.78 bits per heavy atom. The average Bonchev–Trinajstić information content (AvgIpc) is 3.58. The first kappa shape index (κ1) is 25.5. The van der Waals surface area contributed by atoms with E-state index in [-0.39, 0.29) is 30.0 Å². The number of pyridine rings is 1. The van der Waals surface area contributed by atoms with Gasteiger partial charge >= 0.3 is 6.18 Å². The first-order valence-electron chi connectivity index (χ1n) is 13.0. The number of hydrogen-bond acceptors (Lipinski definition) is 5. The third-order valence-electron chi connectivity index (χ3n) is 8.91. The summed E-state index contributed by atoms with van der Waals surface area (Å²) < 4.78 is 50.8. The van der Waals surface area contributed by atoms with Gasteiger partial charge in [-0.25, -0.2) is 4.98 Å². The summed E-state index contributed by atoms with van der Waals surface area (Å²) in [5, 5.41) is 0.